The first-order chi connectivity index (χ1) is 15.1. The summed E-state index contributed by atoms with van der Waals surface area (Å²) in [5.74, 6) is -0.166. The van der Waals surface area contributed by atoms with Crippen LogP contribution in [0.15, 0.2) is 41.3 Å². The van der Waals surface area contributed by atoms with Crippen LogP contribution in [0.4, 0.5) is 0 Å². The van der Waals surface area contributed by atoms with Crippen molar-refractivity contribution in [2.45, 2.75) is 39.1 Å². The molecule has 0 unspecified atom stereocenters. The van der Waals surface area contributed by atoms with Gasteiger partial charge in [-0.25, -0.2) is 8.42 Å². The molecule has 0 aliphatic carbocycles. The Labute approximate surface area is 196 Å². The van der Waals surface area contributed by atoms with Crippen molar-refractivity contribution in [2.24, 2.45) is 0 Å². The van der Waals surface area contributed by atoms with Gasteiger partial charge in [0.15, 0.2) is 0 Å². The second kappa shape index (κ2) is 10.3. The van der Waals surface area contributed by atoms with Crippen LogP contribution < -0.4 is 0 Å². The van der Waals surface area contributed by atoms with E-state index in [1.165, 1.54) is 4.31 Å². The lowest BCUT2D eigenvalue weighted by Crippen LogP contribution is -2.51. The van der Waals surface area contributed by atoms with Crippen LogP contribution in [0.5, 0.6) is 0 Å². The Balaban J connectivity index is 1.92. The summed E-state index contributed by atoms with van der Waals surface area (Å²) in [4.78, 5) is 17.5. The predicted molar refractivity (Wildman–Crippen MR) is 128 cm³/mol. The van der Waals surface area contributed by atoms with Crippen LogP contribution in [0.25, 0.3) is 0 Å². The van der Waals surface area contributed by atoms with Crippen LogP contribution in [-0.4, -0.2) is 67.7 Å². The van der Waals surface area contributed by atoms with Gasteiger partial charge in [-0.05, 0) is 56.1 Å². The highest BCUT2D eigenvalue weighted by Crippen LogP contribution is 2.27. The number of hydrogen-bond donors (Lipinski definition) is 0. The number of carbonyl (C=O) groups is 1. The third-order valence-electron chi connectivity index (χ3n) is 5.96. The average Bonchev–Trinajstić information content (AvgIpc) is 2.73. The van der Waals surface area contributed by atoms with E-state index >= 15 is 0 Å². The van der Waals surface area contributed by atoms with Gasteiger partial charge in [-0.15, -0.1) is 0 Å². The molecule has 1 fully saturated rings. The largest absolute Gasteiger partial charge is 0.339 e. The normalized spacial score (nSPS) is 15.4. The van der Waals surface area contributed by atoms with E-state index in [-0.39, 0.29) is 23.9 Å². The van der Waals surface area contributed by atoms with Crippen molar-refractivity contribution in [3.8, 4) is 0 Å². The summed E-state index contributed by atoms with van der Waals surface area (Å²) < 4.78 is 28.9. The van der Waals surface area contributed by atoms with Crippen molar-refractivity contribution in [3.63, 3.8) is 0 Å². The van der Waals surface area contributed by atoms with Crippen LogP contribution in [0.3, 0.4) is 0 Å². The van der Waals surface area contributed by atoms with Crippen LogP contribution in [0.2, 0.25) is 5.02 Å². The maximum Gasteiger partial charge on any atom is 0.244 e. The number of halogens is 1. The highest BCUT2D eigenvalue weighted by Gasteiger charge is 2.32. The molecule has 6 nitrogen and oxygen atoms in total. The van der Waals surface area contributed by atoms with Crippen LogP contribution in [0.1, 0.15) is 29.2 Å². The van der Waals surface area contributed by atoms with Gasteiger partial charge in [0.25, 0.3) is 0 Å². The van der Waals surface area contributed by atoms with E-state index in [1.807, 2.05) is 19.1 Å². The molecule has 1 aliphatic rings. The van der Waals surface area contributed by atoms with Gasteiger partial charge in [0.05, 0.1) is 11.4 Å². The number of likely N-dealkylation sites (N-methyl/N-ethyl adjacent to an activating group) is 1. The molecule has 2 aromatic rings. The summed E-state index contributed by atoms with van der Waals surface area (Å²) in [5, 5.41) is 0.582. The van der Waals surface area contributed by atoms with Gasteiger partial charge < -0.3 is 9.80 Å². The third-order valence-corrected chi connectivity index (χ3v) is 8.31. The maximum atomic E-state index is 13.8. The van der Waals surface area contributed by atoms with E-state index in [9.17, 15) is 13.2 Å². The summed E-state index contributed by atoms with van der Waals surface area (Å²) in [7, 11) is -3.89. The van der Waals surface area contributed by atoms with Crippen molar-refractivity contribution < 1.29 is 13.2 Å². The smallest absolute Gasteiger partial charge is 0.244 e. The van der Waals surface area contributed by atoms with Gasteiger partial charge >= 0.3 is 0 Å². The molecule has 0 aromatic heterocycles. The number of carbonyl (C=O) groups excluding carboxylic acids is 1. The van der Waals surface area contributed by atoms with Crippen LogP contribution in [0, 0.1) is 20.8 Å². The molecule has 0 spiro atoms. The minimum absolute atomic E-state index is 0.104. The molecule has 1 amide bonds. The summed E-state index contributed by atoms with van der Waals surface area (Å²) >= 11 is 6.00. The predicted octanol–water partition coefficient (Wildman–Crippen LogP) is 3.62. The minimum Gasteiger partial charge on any atom is -0.339 e. The van der Waals surface area contributed by atoms with Gasteiger partial charge in [0, 0.05) is 37.7 Å². The number of aryl methyl sites for hydroxylation is 3. The lowest BCUT2D eigenvalue weighted by molar-refractivity contribution is -0.133. The molecule has 32 heavy (non-hydrogen) atoms. The van der Waals surface area contributed by atoms with E-state index in [0.29, 0.717) is 29.2 Å². The molecule has 174 valence electrons. The van der Waals surface area contributed by atoms with Crippen molar-refractivity contribution in [1.29, 1.82) is 0 Å². The summed E-state index contributed by atoms with van der Waals surface area (Å²) in [6.45, 7) is 11.4. The van der Waals surface area contributed by atoms with E-state index < -0.39 is 10.0 Å². The summed E-state index contributed by atoms with van der Waals surface area (Å²) in [5.41, 5.74) is 3.16. The van der Waals surface area contributed by atoms with Crippen molar-refractivity contribution in [3.05, 3.63) is 63.7 Å². The molecule has 0 bridgehead atoms. The Bertz CT molecular complexity index is 1040. The molecule has 8 heteroatoms. The van der Waals surface area contributed by atoms with Crippen molar-refractivity contribution in [1.82, 2.24) is 14.1 Å². The van der Waals surface area contributed by atoms with E-state index in [1.54, 1.807) is 43.0 Å². The van der Waals surface area contributed by atoms with E-state index in [2.05, 4.69) is 11.8 Å². The first kappa shape index (κ1) is 24.7. The maximum absolute atomic E-state index is 13.8. The number of amides is 1. The molecule has 3 rings (SSSR count). The highest BCUT2D eigenvalue weighted by atomic mass is 35.5. The lowest BCUT2D eigenvalue weighted by Gasteiger charge is -2.35. The molecule has 0 saturated carbocycles. The van der Waals surface area contributed by atoms with E-state index in [0.717, 1.165) is 30.8 Å². The zero-order valence-corrected chi connectivity index (χ0v) is 20.8. The van der Waals surface area contributed by atoms with E-state index in [4.69, 9.17) is 11.6 Å². The molecule has 1 aliphatic heterocycles. The van der Waals surface area contributed by atoms with Gasteiger partial charge in [0.2, 0.25) is 15.9 Å². The summed E-state index contributed by atoms with van der Waals surface area (Å²) in [6, 6.07) is 10.8. The fourth-order valence-electron chi connectivity index (χ4n) is 4.29. The number of hydrogen-bond acceptors (Lipinski definition) is 4. The average molecular weight is 478 g/mol. The SMILES string of the molecule is CCN1CCN(C(=O)CN(Cc2ccc(Cl)cc2)S(=O)(=O)c2c(C)cc(C)cc2C)CC1. The van der Waals surface area contributed by atoms with Gasteiger partial charge in [0.1, 0.15) is 0 Å². The Hall–Kier alpha value is -1.93. The summed E-state index contributed by atoms with van der Waals surface area (Å²) in [6.07, 6.45) is 0. The zero-order valence-electron chi connectivity index (χ0n) is 19.3. The number of sulfonamides is 1. The molecule has 0 atom stereocenters. The Kier molecular flexibility index (Phi) is 7.98. The topological polar surface area (TPSA) is 60.9 Å². The quantitative estimate of drug-likeness (QED) is 0.611. The molecular weight excluding hydrogens is 446 g/mol. The van der Waals surface area contributed by atoms with Gasteiger partial charge in [-0.2, -0.15) is 4.31 Å². The monoisotopic (exact) mass is 477 g/mol. The fraction of sp³-hybridized carbons (Fsp3) is 0.458. The standard InChI is InChI=1S/C24H32ClN3O3S/c1-5-26-10-12-27(13-11-26)23(29)17-28(16-21-6-8-22(25)9-7-21)32(30,31)24-19(3)14-18(2)15-20(24)4/h6-9,14-15H,5,10-13,16-17H2,1-4H3. The molecule has 2 aromatic carbocycles. The van der Waals surface area contributed by atoms with Crippen LogP contribution in [-0.2, 0) is 21.4 Å². The minimum atomic E-state index is -3.89. The first-order valence-electron chi connectivity index (χ1n) is 10.9. The number of piperazine rings is 1. The fourth-order valence-corrected chi connectivity index (χ4v) is 6.20. The van der Waals surface area contributed by atoms with Crippen molar-refractivity contribution in [2.75, 3.05) is 39.3 Å². The molecular formula is C24H32ClN3O3S. The van der Waals surface area contributed by atoms with Gasteiger partial charge in [-0.1, -0.05) is 48.4 Å². The number of rotatable bonds is 7. The second-order valence-electron chi connectivity index (χ2n) is 8.44. The Morgan fingerprint density at radius 1 is 1.00 bits per heavy atom. The zero-order chi connectivity index (χ0) is 23.5. The second-order valence-corrected chi connectivity index (χ2v) is 10.8. The molecule has 1 saturated heterocycles. The number of benzene rings is 2. The molecule has 0 N–H and O–H groups in total. The highest BCUT2D eigenvalue weighted by molar-refractivity contribution is 7.89. The van der Waals surface area contributed by atoms with Gasteiger partial charge in [-0.3, -0.25) is 4.79 Å². The lowest BCUT2D eigenvalue weighted by atomic mass is 10.1. The Morgan fingerprint density at radius 3 is 2.09 bits per heavy atom. The molecule has 0 radical (unpaired) electrons. The van der Waals surface area contributed by atoms with Crippen LogP contribution >= 0.6 is 11.6 Å². The van der Waals surface area contributed by atoms with Crippen molar-refractivity contribution >= 4 is 27.5 Å². The molecule has 1 heterocycles. The Morgan fingerprint density at radius 2 is 1.56 bits per heavy atom. The third kappa shape index (κ3) is 5.70. The number of nitrogens with zero attached hydrogens (tertiary/aromatic N) is 3. The first-order valence-corrected chi connectivity index (χ1v) is 12.8.